The van der Waals surface area contributed by atoms with Crippen molar-refractivity contribution in [3.05, 3.63) is 71.3 Å². The fourth-order valence-electron chi connectivity index (χ4n) is 3.12. The van der Waals surface area contributed by atoms with E-state index in [0.717, 1.165) is 22.3 Å². The van der Waals surface area contributed by atoms with Crippen molar-refractivity contribution >= 4 is 17.0 Å². The molecule has 0 radical (unpaired) electrons. The number of carboxylic acids is 1. The molecule has 0 amide bonds. The molecule has 0 aliphatic rings. The number of aromatic carboxylic acids is 1. The highest BCUT2D eigenvalue weighted by Crippen LogP contribution is 2.32. The van der Waals surface area contributed by atoms with Crippen molar-refractivity contribution in [3.63, 3.8) is 0 Å². The Kier molecular flexibility index (Phi) is 3.77. The van der Waals surface area contributed by atoms with E-state index in [1.807, 2.05) is 62.4 Å². The molecule has 2 aromatic heterocycles. The first kappa shape index (κ1) is 16.0. The summed E-state index contributed by atoms with van der Waals surface area (Å²) in [6, 6.07) is 17.3. The second kappa shape index (κ2) is 6.11. The Morgan fingerprint density at radius 3 is 2.46 bits per heavy atom. The summed E-state index contributed by atoms with van der Waals surface area (Å²) in [5.74, 6) is -0.998. The number of nitrogens with zero attached hydrogens (tertiary/aromatic N) is 2. The Hall–Kier alpha value is -3.47. The van der Waals surface area contributed by atoms with E-state index in [2.05, 4.69) is 15.2 Å². The van der Waals surface area contributed by atoms with Gasteiger partial charge in [-0.25, -0.2) is 9.78 Å². The number of hydrogen-bond donors (Lipinski definition) is 2. The van der Waals surface area contributed by atoms with Gasteiger partial charge in [-0.05, 0) is 25.5 Å². The summed E-state index contributed by atoms with van der Waals surface area (Å²) >= 11 is 0. The lowest BCUT2D eigenvalue weighted by Gasteiger charge is -2.08. The molecule has 4 aromatic rings. The molecule has 0 aliphatic carbocycles. The molecule has 2 aromatic carbocycles. The molecule has 128 valence electrons. The van der Waals surface area contributed by atoms with Crippen molar-refractivity contribution in [2.24, 2.45) is 0 Å². The minimum absolute atomic E-state index is 0.192. The van der Waals surface area contributed by atoms with Crippen LogP contribution in [-0.2, 0) is 0 Å². The third-order valence-electron chi connectivity index (χ3n) is 4.52. The predicted octanol–water partition coefficient (Wildman–Crippen LogP) is 4.61. The van der Waals surface area contributed by atoms with E-state index < -0.39 is 5.97 Å². The van der Waals surface area contributed by atoms with Gasteiger partial charge in [-0.2, -0.15) is 5.10 Å². The van der Waals surface area contributed by atoms with Gasteiger partial charge in [-0.15, -0.1) is 0 Å². The Morgan fingerprint density at radius 1 is 1.04 bits per heavy atom. The van der Waals surface area contributed by atoms with Crippen LogP contribution in [0.4, 0.5) is 0 Å². The molecule has 5 heteroatoms. The van der Waals surface area contributed by atoms with Gasteiger partial charge in [0.15, 0.2) is 5.65 Å². The van der Waals surface area contributed by atoms with Crippen LogP contribution in [0.5, 0.6) is 0 Å². The standard InChI is InChI=1S/C21H17N3O2/c1-12-7-9-14(10-8-12)19-18-16(21(25)26)11-17(22-20(18)24-23-19)15-6-4-3-5-13(15)2/h3-11H,1-2H3,(H,25,26)(H,22,23,24). The minimum atomic E-state index is -0.998. The van der Waals surface area contributed by atoms with Crippen LogP contribution in [0.1, 0.15) is 21.5 Å². The van der Waals surface area contributed by atoms with Crippen molar-refractivity contribution < 1.29 is 9.90 Å². The minimum Gasteiger partial charge on any atom is -0.478 e. The summed E-state index contributed by atoms with van der Waals surface area (Å²) in [6.07, 6.45) is 0. The maximum atomic E-state index is 11.9. The number of hydrogen-bond acceptors (Lipinski definition) is 3. The lowest BCUT2D eigenvalue weighted by Crippen LogP contribution is -2.00. The molecule has 26 heavy (non-hydrogen) atoms. The molecular weight excluding hydrogens is 326 g/mol. The summed E-state index contributed by atoms with van der Waals surface area (Å²) in [7, 11) is 0. The second-order valence-corrected chi connectivity index (χ2v) is 6.34. The Balaban J connectivity index is 1.98. The molecule has 0 bridgehead atoms. The molecule has 2 heterocycles. The molecule has 0 unspecified atom stereocenters. The number of aromatic nitrogens is 3. The van der Waals surface area contributed by atoms with Gasteiger partial charge >= 0.3 is 5.97 Å². The number of pyridine rings is 1. The maximum absolute atomic E-state index is 11.9. The molecule has 0 saturated heterocycles. The summed E-state index contributed by atoms with van der Waals surface area (Å²) < 4.78 is 0. The largest absolute Gasteiger partial charge is 0.478 e. The van der Waals surface area contributed by atoms with Crippen LogP contribution in [0, 0.1) is 13.8 Å². The predicted molar refractivity (Wildman–Crippen MR) is 101 cm³/mol. The zero-order valence-electron chi connectivity index (χ0n) is 14.4. The quantitative estimate of drug-likeness (QED) is 0.569. The summed E-state index contributed by atoms with van der Waals surface area (Å²) in [6.45, 7) is 3.98. The van der Waals surface area contributed by atoms with E-state index in [4.69, 9.17) is 0 Å². The van der Waals surface area contributed by atoms with Crippen molar-refractivity contribution in [3.8, 4) is 22.5 Å². The molecule has 2 N–H and O–H groups in total. The monoisotopic (exact) mass is 343 g/mol. The molecule has 0 aliphatic heterocycles. The van der Waals surface area contributed by atoms with Crippen LogP contribution in [0.25, 0.3) is 33.5 Å². The Bertz CT molecular complexity index is 1130. The van der Waals surface area contributed by atoms with Gasteiger partial charge in [0.1, 0.15) is 0 Å². The maximum Gasteiger partial charge on any atom is 0.336 e. The lowest BCUT2D eigenvalue weighted by atomic mass is 10.00. The van der Waals surface area contributed by atoms with E-state index >= 15 is 0 Å². The average molecular weight is 343 g/mol. The normalized spacial score (nSPS) is 11.0. The van der Waals surface area contributed by atoms with Gasteiger partial charge in [0, 0.05) is 11.1 Å². The number of carbonyl (C=O) groups is 1. The number of aryl methyl sites for hydroxylation is 2. The smallest absolute Gasteiger partial charge is 0.336 e. The van der Waals surface area contributed by atoms with Crippen LogP contribution in [0.3, 0.4) is 0 Å². The third kappa shape index (κ3) is 2.63. The Morgan fingerprint density at radius 2 is 1.77 bits per heavy atom. The fraction of sp³-hybridized carbons (Fsp3) is 0.0952. The molecule has 5 nitrogen and oxygen atoms in total. The van der Waals surface area contributed by atoms with Gasteiger partial charge in [-0.3, -0.25) is 5.10 Å². The first-order valence-electron chi connectivity index (χ1n) is 8.30. The molecule has 0 saturated carbocycles. The topological polar surface area (TPSA) is 78.9 Å². The SMILES string of the molecule is Cc1ccc(-c2[nH]nc3nc(-c4ccccc4C)cc(C(=O)O)c23)cc1. The van der Waals surface area contributed by atoms with Gasteiger partial charge in [0.05, 0.1) is 22.3 Å². The number of carboxylic acid groups (broad SMARTS) is 1. The molecule has 0 fully saturated rings. The van der Waals surface area contributed by atoms with Crippen molar-refractivity contribution in [1.82, 2.24) is 15.2 Å². The van der Waals surface area contributed by atoms with Crippen LogP contribution in [-0.4, -0.2) is 26.3 Å². The highest BCUT2D eigenvalue weighted by Gasteiger charge is 2.20. The number of nitrogens with one attached hydrogen (secondary N) is 1. The van der Waals surface area contributed by atoms with Crippen molar-refractivity contribution in [2.45, 2.75) is 13.8 Å². The zero-order chi connectivity index (χ0) is 18.3. The lowest BCUT2D eigenvalue weighted by molar-refractivity contribution is 0.0699. The number of benzene rings is 2. The summed E-state index contributed by atoms with van der Waals surface area (Å²) in [4.78, 5) is 16.6. The third-order valence-corrected chi connectivity index (χ3v) is 4.52. The first-order valence-corrected chi connectivity index (χ1v) is 8.30. The summed E-state index contributed by atoms with van der Waals surface area (Å²) in [5.41, 5.74) is 5.82. The number of rotatable bonds is 3. The van der Waals surface area contributed by atoms with Crippen molar-refractivity contribution in [2.75, 3.05) is 0 Å². The highest BCUT2D eigenvalue weighted by atomic mass is 16.4. The van der Waals surface area contributed by atoms with E-state index in [9.17, 15) is 9.90 Å². The van der Waals surface area contributed by atoms with Crippen LogP contribution < -0.4 is 0 Å². The van der Waals surface area contributed by atoms with Crippen molar-refractivity contribution in [1.29, 1.82) is 0 Å². The molecule has 0 atom stereocenters. The van der Waals surface area contributed by atoms with Crippen LogP contribution in [0.2, 0.25) is 0 Å². The average Bonchev–Trinajstić information content (AvgIpc) is 3.06. The number of H-pyrrole nitrogens is 1. The second-order valence-electron chi connectivity index (χ2n) is 6.34. The molecule has 4 rings (SSSR count). The van der Waals surface area contributed by atoms with Gasteiger partial charge in [0.25, 0.3) is 0 Å². The van der Waals surface area contributed by atoms with Gasteiger partial charge in [0.2, 0.25) is 0 Å². The highest BCUT2D eigenvalue weighted by molar-refractivity contribution is 6.08. The fourth-order valence-corrected chi connectivity index (χ4v) is 3.12. The van der Waals surface area contributed by atoms with Gasteiger partial charge < -0.3 is 5.11 Å². The zero-order valence-corrected chi connectivity index (χ0v) is 14.4. The first-order chi connectivity index (χ1) is 12.5. The molecular formula is C21H17N3O2. The van der Waals surface area contributed by atoms with E-state index in [1.54, 1.807) is 6.07 Å². The van der Waals surface area contributed by atoms with Gasteiger partial charge in [-0.1, -0.05) is 54.1 Å². The van der Waals surface area contributed by atoms with E-state index in [-0.39, 0.29) is 5.56 Å². The number of aromatic amines is 1. The van der Waals surface area contributed by atoms with Crippen LogP contribution >= 0.6 is 0 Å². The number of fused-ring (bicyclic) bond motifs is 1. The molecule has 0 spiro atoms. The van der Waals surface area contributed by atoms with Crippen LogP contribution in [0.15, 0.2) is 54.6 Å². The summed E-state index contributed by atoms with van der Waals surface area (Å²) in [5, 5.41) is 17.6. The Labute approximate surface area is 150 Å². The van der Waals surface area contributed by atoms with E-state index in [0.29, 0.717) is 22.4 Å². The van der Waals surface area contributed by atoms with E-state index in [1.165, 1.54) is 0 Å².